The SMILES string of the molecule is COC(=O)[C@@H](C[C@@H](N=C(c1ccccc1)c1ccccc1)C(=O)OC(C)(C)C)c1ccccc1. The van der Waals surface area contributed by atoms with Crippen molar-refractivity contribution in [3.8, 4) is 0 Å². The number of aliphatic imine (C=N–C) groups is 1. The lowest BCUT2D eigenvalue weighted by atomic mass is 9.91. The number of benzene rings is 3. The maximum Gasteiger partial charge on any atom is 0.331 e. The molecule has 176 valence electrons. The molecular weight excluding hydrogens is 426 g/mol. The summed E-state index contributed by atoms with van der Waals surface area (Å²) in [5.74, 6) is -1.57. The molecular formula is C29H31NO4. The van der Waals surface area contributed by atoms with Crippen LogP contribution in [0, 0.1) is 0 Å². The highest BCUT2D eigenvalue weighted by molar-refractivity contribution is 6.13. The van der Waals surface area contributed by atoms with Gasteiger partial charge in [0.1, 0.15) is 11.6 Å². The van der Waals surface area contributed by atoms with E-state index in [4.69, 9.17) is 14.5 Å². The Morgan fingerprint density at radius 3 is 1.68 bits per heavy atom. The zero-order valence-corrected chi connectivity index (χ0v) is 20.1. The zero-order chi connectivity index (χ0) is 24.6. The van der Waals surface area contributed by atoms with E-state index in [1.165, 1.54) is 7.11 Å². The number of hydrogen-bond acceptors (Lipinski definition) is 5. The van der Waals surface area contributed by atoms with Crippen LogP contribution in [0.2, 0.25) is 0 Å². The van der Waals surface area contributed by atoms with E-state index in [2.05, 4.69) is 0 Å². The number of ether oxygens (including phenoxy) is 2. The zero-order valence-electron chi connectivity index (χ0n) is 20.1. The Labute approximate surface area is 201 Å². The summed E-state index contributed by atoms with van der Waals surface area (Å²) in [4.78, 5) is 31.0. The lowest BCUT2D eigenvalue weighted by Gasteiger charge is -2.25. The first kappa shape index (κ1) is 24.9. The van der Waals surface area contributed by atoms with E-state index in [9.17, 15) is 9.59 Å². The van der Waals surface area contributed by atoms with Gasteiger partial charge in [-0.2, -0.15) is 0 Å². The molecule has 3 rings (SSSR count). The third kappa shape index (κ3) is 6.88. The summed E-state index contributed by atoms with van der Waals surface area (Å²) in [7, 11) is 1.35. The molecule has 5 heteroatoms. The van der Waals surface area contributed by atoms with Gasteiger partial charge in [0, 0.05) is 11.1 Å². The molecule has 0 saturated carbocycles. The molecule has 0 saturated heterocycles. The second-order valence-electron chi connectivity index (χ2n) is 8.98. The summed E-state index contributed by atoms with van der Waals surface area (Å²) in [5, 5.41) is 0. The van der Waals surface area contributed by atoms with Crippen LogP contribution >= 0.6 is 0 Å². The van der Waals surface area contributed by atoms with Crippen molar-refractivity contribution in [1.82, 2.24) is 0 Å². The summed E-state index contributed by atoms with van der Waals surface area (Å²) < 4.78 is 10.8. The Kier molecular flexibility index (Phi) is 8.36. The predicted octanol–water partition coefficient (Wildman–Crippen LogP) is 5.58. The van der Waals surface area contributed by atoms with Gasteiger partial charge in [-0.15, -0.1) is 0 Å². The number of esters is 2. The molecule has 0 fully saturated rings. The van der Waals surface area contributed by atoms with Crippen LogP contribution in [-0.2, 0) is 19.1 Å². The van der Waals surface area contributed by atoms with Gasteiger partial charge in [0.15, 0.2) is 0 Å². The van der Waals surface area contributed by atoms with Crippen LogP contribution in [0.5, 0.6) is 0 Å². The molecule has 0 aromatic heterocycles. The lowest BCUT2D eigenvalue weighted by molar-refractivity contribution is -0.156. The number of nitrogens with zero attached hydrogens (tertiary/aromatic N) is 1. The van der Waals surface area contributed by atoms with Crippen LogP contribution < -0.4 is 0 Å². The first-order chi connectivity index (χ1) is 16.3. The third-order valence-electron chi connectivity index (χ3n) is 5.20. The van der Waals surface area contributed by atoms with Crippen LogP contribution in [0.4, 0.5) is 0 Å². The minimum Gasteiger partial charge on any atom is -0.469 e. The molecule has 0 spiro atoms. The van der Waals surface area contributed by atoms with Gasteiger partial charge < -0.3 is 9.47 Å². The standard InChI is InChI=1S/C29H31NO4/c1-29(2,3)34-28(32)25(20-24(27(31)33-4)21-14-8-5-9-15-21)30-26(22-16-10-6-11-17-22)23-18-12-7-13-19-23/h5-19,24-25H,20H2,1-4H3/t24-,25+/m0/s1. The number of methoxy groups -OCH3 is 1. The summed E-state index contributed by atoms with van der Waals surface area (Å²) in [6.45, 7) is 5.45. The van der Waals surface area contributed by atoms with Crippen molar-refractivity contribution < 1.29 is 19.1 Å². The van der Waals surface area contributed by atoms with Gasteiger partial charge in [0.25, 0.3) is 0 Å². The van der Waals surface area contributed by atoms with Gasteiger partial charge >= 0.3 is 11.9 Å². The fraction of sp³-hybridized carbons (Fsp3) is 0.276. The Balaban J connectivity index is 2.11. The average Bonchev–Trinajstić information content (AvgIpc) is 2.84. The van der Waals surface area contributed by atoms with Gasteiger partial charge in [-0.05, 0) is 32.8 Å². The monoisotopic (exact) mass is 457 g/mol. The van der Waals surface area contributed by atoms with Crippen molar-refractivity contribution in [2.75, 3.05) is 7.11 Å². The Hall–Kier alpha value is -3.73. The van der Waals surface area contributed by atoms with Crippen molar-refractivity contribution in [1.29, 1.82) is 0 Å². The molecule has 0 aliphatic heterocycles. The average molecular weight is 458 g/mol. The highest BCUT2D eigenvalue weighted by atomic mass is 16.6. The van der Waals surface area contributed by atoms with E-state index in [-0.39, 0.29) is 6.42 Å². The minimum absolute atomic E-state index is 0.120. The number of rotatable bonds is 8. The fourth-order valence-corrected chi connectivity index (χ4v) is 3.65. The second-order valence-corrected chi connectivity index (χ2v) is 8.98. The molecule has 0 heterocycles. The van der Waals surface area contributed by atoms with Crippen molar-refractivity contribution in [2.24, 2.45) is 4.99 Å². The highest BCUT2D eigenvalue weighted by Gasteiger charge is 2.32. The lowest BCUT2D eigenvalue weighted by Crippen LogP contribution is -2.34. The molecule has 34 heavy (non-hydrogen) atoms. The largest absolute Gasteiger partial charge is 0.469 e. The topological polar surface area (TPSA) is 65.0 Å². The predicted molar refractivity (Wildman–Crippen MR) is 134 cm³/mol. The smallest absolute Gasteiger partial charge is 0.331 e. The van der Waals surface area contributed by atoms with E-state index in [1.807, 2.05) is 112 Å². The van der Waals surface area contributed by atoms with Gasteiger partial charge in [-0.3, -0.25) is 9.79 Å². The molecule has 3 aromatic rings. The van der Waals surface area contributed by atoms with Gasteiger partial charge in [-0.25, -0.2) is 4.79 Å². The van der Waals surface area contributed by atoms with Crippen LogP contribution in [0.25, 0.3) is 0 Å². The maximum absolute atomic E-state index is 13.4. The first-order valence-corrected chi connectivity index (χ1v) is 11.3. The quantitative estimate of drug-likeness (QED) is 0.327. The second kappa shape index (κ2) is 11.4. The molecule has 5 nitrogen and oxygen atoms in total. The number of carbonyl (C=O) groups is 2. The molecule has 0 amide bonds. The van der Waals surface area contributed by atoms with Gasteiger partial charge in [-0.1, -0.05) is 91.0 Å². The van der Waals surface area contributed by atoms with Crippen molar-refractivity contribution in [3.05, 3.63) is 108 Å². The molecule has 0 unspecified atom stereocenters. The normalized spacial score (nSPS) is 12.8. The van der Waals surface area contributed by atoms with Crippen LogP contribution in [0.15, 0.2) is 96.0 Å². The Morgan fingerprint density at radius 1 is 0.765 bits per heavy atom. The molecule has 3 aromatic carbocycles. The molecule has 0 bridgehead atoms. The highest BCUT2D eigenvalue weighted by Crippen LogP contribution is 2.27. The third-order valence-corrected chi connectivity index (χ3v) is 5.20. The Bertz CT molecular complexity index is 1060. The molecule has 0 aliphatic rings. The fourth-order valence-electron chi connectivity index (χ4n) is 3.65. The summed E-state index contributed by atoms with van der Waals surface area (Å²) >= 11 is 0. The van der Waals surface area contributed by atoms with Crippen LogP contribution in [0.3, 0.4) is 0 Å². The number of carbonyl (C=O) groups excluding carboxylic acids is 2. The molecule has 0 aliphatic carbocycles. The molecule has 2 atom stereocenters. The number of hydrogen-bond donors (Lipinski definition) is 0. The summed E-state index contributed by atoms with van der Waals surface area (Å²) in [6.07, 6.45) is 0.120. The van der Waals surface area contributed by atoms with Crippen LogP contribution in [-0.4, -0.2) is 36.4 Å². The van der Waals surface area contributed by atoms with E-state index in [0.717, 1.165) is 16.7 Å². The summed E-state index contributed by atoms with van der Waals surface area (Å²) in [5.41, 5.74) is 2.47. The van der Waals surface area contributed by atoms with Gasteiger partial charge in [0.05, 0.1) is 18.7 Å². The summed E-state index contributed by atoms with van der Waals surface area (Å²) in [6, 6.07) is 27.8. The van der Waals surface area contributed by atoms with Crippen molar-refractivity contribution in [2.45, 2.75) is 44.8 Å². The van der Waals surface area contributed by atoms with Gasteiger partial charge in [0.2, 0.25) is 0 Å². The van der Waals surface area contributed by atoms with E-state index in [1.54, 1.807) is 0 Å². The first-order valence-electron chi connectivity index (χ1n) is 11.3. The van der Waals surface area contributed by atoms with Crippen molar-refractivity contribution in [3.63, 3.8) is 0 Å². The molecule has 0 radical (unpaired) electrons. The van der Waals surface area contributed by atoms with E-state index in [0.29, 0.717) is 5.71 Å². The molecule has 0 N–H and O–H groups in total. The minimum atomic E-state index is -0.918. The maximum atomic E-state index is 13.4. The van der Waals surface area contributed by atoms with Crippen molar-refractivity contribution >= 4 is 17.7 Å². The Morgan fingerprint density at radius 2 is 1.24 bits per heavy atom. The van der Waals surface area contributed by atoms with E-state index >= 15 is 0 Å². The van der Waals surface area contributed by atoms with Crippen LogP contribution in [0.1, 0.15) is 49.8 Å². The van der Waals surface area contributed by atoms with E-state index < -0.39 is 29.5 Å².